The molecular formula is C20H24N2O4S2. The van der Waals surface area contributed by atoms with Crippen LogP contribution in [0, 0.1) is 0 Å². The molecule has 1 aromatic heterocycles. The minimum Gasteiger partial charge on any atom is -0.365 e. The highest BCUT2D eigenvalue weighted by atomic mass is 32.2. The largest absolute Gasteiger partial charge is 0.365 e. The van der Waals surface area contributed by atoms with Gasteiger partial charge in [-0.2, -0.15) is 0 Å². The maximum atomic E-state index is 12.8. The summed E-state index contributed by atoms with van der Waals surface area (Å²) in [5.41, 5.74) is 7.16. The molecule has 0 fully saturated rings. The molecule has 0 unspecified atom stereocenters. The Morgan fingerprint density at radius 1 is 1.14 bits per heavy atom. The Morgan fingerprint density at radius 2 is 1.86 bits per heavy atom. The van der Waals surface area contributed by atoms with E-state index in [-0.39, 0.29) is 10.5 Å². The van der Waals surface area contributed by atoms with E-state index in [1.54, 1.807) is 26.0 Å². The highest BCUT2D eigenvalue weighted by molar-refractivity contribution is 7.92. The van der Waals surface area contributed by atoms with Gasteiger partial charge in [-0.05, 0) is 63.3 Å². The third-order valence-electron chi connectivity index (χ3n) is 4.94. The summed E-state index contributed by atoms with van der Waals surface area (Å²) in [6.45, 7) is 3.19. The van der Waals surface area contributed by atoms with Crippen LogP contribution in [0.15, 0.2) is 29.2 Å². The number of nitrogens with two attached hydrogens (primary N) is 1. The van der Waals surface area contributed by atoms with Crippen molar-refractivity contribution in [1.29, 1.82) is 0 Å². The Balaban J connectivity index is 1.93. The van der Waals surface area contributed by atoms with Crippen molar-refractivity contribution in [2.45, 2.75) is 56.1 Å². The van der Waals surface area contributed by atoms with Gasteiger partial charge in [-0.3, -0.25) is 9.59 Å². The van der Waals surface area contributed by atoms with Crippen LogP contribution in [0.5, 0.6) is 0 Å². The molecule has 3 N–H and O–H groups in total. The van der Waals surface area contributed by atoms with Gasteiger partial charge in [-0.25, -0.2) is 8.42 Å². The fourth-order valence-electron chi connectivity index (χ4n) is 3.35. The van der Waals surface area contributed by atoms with Crippen LogP contribution < -0.4 is 11.1 Å². The van der Waals surface area contributed by atoms with Gasteiger partial charge in [0.25, 0.3) is 11.8 Å². The number of hydrogen-bond donors (Lipinski definition) is 2. The molecule has 0 saturated heterocycles. The van der Waals surface area contributed by atoms with Crippen LogP contribution in [0.2, 0.25) is 0 Å². The fraction of sp³-hybridized carbons (Fsp3) is 0.400. The number of carbonyl (C=O) groups excluding carboxylic acids is 2. The Hall–Kier alpha value is -2.19. The highest BCUT2D eigenvalue weighted by Crippen LogP contribution is 2.37. The average molecular weight is 421 g/mol. The van der Waals surface area contributed by atoms with Crippen molar-refractivity contribution in [3.63, 3.8) is 0 Å². The van der Waals surface area contributed by atoms with Crippen molar-refractivity contribution < 1.29 is 18.0 Å². The molecule has 28 heavy (non-hydrogen) atoms. The smallest absolute Gasteiger partial charge is 0.256 e. The first-order chi connectivity index (χ1) is 13.2. The molecule has 2 amide bonds. The molecule has 0 radical (unpaired) electrons. The van der Waals surface area contributed by atoms with Gasteiger partial charge >= 0.3 is 0 Å². The number of benzene rings is 1. The molecule has 8 heteroatoms. The van der Waals surface area contributed by atoms with Crippen molar-refractivity contribution in [2.75, 3.05) is 5.32 Å². The summed E-state index contributed by atoms with van der Waals surface area (Å²) < 4.78 is 24.8. The molecule has 1 aromatic carbocycles. The van der Waals surface area contributed by atoms with Crippen molar-refractivity contribution in [1.82, 2.24) is 0 Å². The van der Waals surface area contributed by atoms with E-state index in [2.05, 4.69) is 5.32 Å². The van der Waals surface area contributed by atoms with Gasteiger partial charge in [0.2, 0.25) is 0 Å². The summed E-state index contributed by atoms with van der Waals surface area (Å²) in [5.74, 6) is -1.01. The lowest BCUT2D eigenvalue weighted by atomic mass is 10.1. The van der Waals surface area contributed by atoms with Gasteiger partial charge in [0, 0.05) is 10.4 Å². The van der Waals surface area contributed by atoms with Crippen molar-refractivity contribution in [2.24, 2.45) is 5.73 Å². The lowest BCUT2D eigenvalue weighted by molar-refractivity contribution is 0.100. The molecule has 2 aromatic rings. The number of sulfone groups is 1. The van der Waals surface area contributed by atoms with Crippen LogP contribution in [0.4, 0.5) is 5.00 Å². The highest BCUT2D eigenvalue weighted by Gasteiger charge is 2.25. The van der Waals surface area contributed by atoms with E-state index in [0.717, 1.165) is 42.5 Å². The molecule has 1 aliphatic carbocycles. The zero-order chi connectivity index (χ0) is 20.5. The van der Waals surface area contributed by atoms with E-state index in [9.17, 15) is 18.0 Å². The van der Waals surface area contributed by atoms with E-state index in [0.29, 0.717) is 10.6 Å². The Labute approximate surface area is 169 Å². The first-order valence-electron chi connectivity index (χ1n) is 9.31. The fourth-order valence-corrected chi connectivity index (χ4v) is 5.75. The van der Waals surface area contributed by atoms with E-state index >= 15 is 0 Å². The predicted molar refractivity (Wildman–Crippen MR) is 111 cm³/mol. The first kappa shape index (κ1) is 20.5. The SMILES string of the molecule is CC(C)S(=O)(=O)c1cccc(C(=O)Nc2sc3c(c2C(N)=O)CCCCC3)c1. The van der Waals surface area contributed by atoms with Crippen molar-refractivity contribution in [3.8, 4) is 0 Å². The van der Waals surface area contributed by atoms with E-state index in [4.69, 9.17) is 5.73 Å². The minimum atomic E-state index is -3.49. The Bertz CT molecular complexity index is 1020. The summed E-state index contributed by atoms with van der Waals surface area (Å²) in [6.07, 6.45) is 4.81. The third kappa shape index (κ3) is 3.98. The van der Waals surface area contributed by atoms with Gasteiger partial charge in [0.05, 0.1) is 15.7 Å². The van der Waals surface area contributed by atoms with Crippen LogP contribution in [-0.4, -0.2) is 25.5 Å². The van der Waals surface area contributed by atoms with Gasteiger partial charge < -0.3 is 11.1 Å². The van der Waals surface area contributed by atoms with Crippen LogP contribution in [0.1, 0.15) is 64.3 Å². The lowest BCUT2D eigenvalue weighted by Crippen LogP contribution is -2.19. The van der Waals surface area contributed by atoms with E-state index in [1.165, 1.54) is 23.5 Å². The number of primary amides is 1. The molecule has 0 atom stereocenters. The summed E-state index contributed by atoms with van der Waals surface area (Å²) >= 11 is 1.39. The summed E-state index contributed by atoms with van der Waals surface area (Å²) in [4.78, 5) is 26.0. The van der Waals surface area contributed by atoms with Gasteiger partial charge in [-0.15, -0.1) is 11.3 Å². The first-order valence-corrected chi connectivity index (χ1v) is 11.7. The van der Waals surface area contributed by atoms with Crippen LogP contribution >= 0.6 is 11.3 Å². The van der Waals surface area contributed by atoms with E-state index in [1.807, 2.05) is 0 Å². The third-order valence-corrected chi connectivity index (χ3v) is 8.30. The van der Waals surface area contributed by atoms with Gasteiger partial charge in [0.15, 0.2) is 9.84 Å². The van der Waals surface area contributed by atoms with Crippen molar-refractivity contribution >= 4 is 38.0 Å². The number of fused-ring (bicyclic) bond motifs is 1. The minimum absolute atomic E-state index is 0.104. The molecule has 1 aliphatic rings. The molecule has 0 aliphatic heterocycles. The lowest BCUT2D eigenvalue weighted by Gasteiger charge is -2.10. The molecular weight excluding hydrogens is 396 g/mol. The van der Waals surface area contributed by atoms with Gasteiger partial charge in [0.1, 0.15) is 5.00 Å². The number of rotatable bonds is 5. The molecule has 0 spiro atoms. The number of anilines is 1. The van der Waals surface area contributed by atoms with E-state index < -0.39 is 26.9 Å². The zero-order valence-corrected chi connectivity index (χ0v) is 17.6. The molecule has 1 heterocycles. The summed E-state index contributed by atoms with van der Waals surface area (Å²) in [7, 11) is -3.49. The standard InChI is InChI=1S/C20H24N2O4S2/c1-12(2)28(25,26)14-8-6-7-13(11-14)19(24)22-20-17(18(21)23)15-9-4-3-5-10-16(15)27-20/h6-8,11-12H,3-5,9-10H2,1-2H3,(H2,21,23)(H,22,24). The number of aryl methyl sites for hydroxylation is 1. The zero-order valence-electron chi connectivity index (χ0n) is 15.9. The predicted octanol–water partition coefficient (Wildman–Crippen LogP) is 3.55. The number of amides is 2. The number of carbonyl (C=O) groups is 2. The maximum absolute atomic E-state index is 12.8. The Kier molecular flexibility index (Phi) is 5.90. The quantitative estimate of drug-likeness (QED) is 0.721. The molecule has 6 nitrogen and oxygen atoms in total. The Morgan fingerprint density at radius 3 is 2.54 bits per heavy atom. The summed E-state index contributed by atoms with van der Waals surface area (Å²) in [5, 5.41) is 2.64. The number of hydrogen-bond acceptors (Lipinski definition) is 5. The second-order valence-electron chi connectivity index (χ2n) is 7.21. The molecule has 0 saturated carbocycles. The maximum Gasteiger partial charge on any atom is 0.256 e. The average Bonchev–Trinajstić information content (AvgIpc) is 2.82. The summed E-state index contributed by atoms with van der Waals surface area (Å²) in [6, 6.07) is 5.95. The van der Waals surface area contributed by atoms with Crippen LogP contribution in [0.3, 0.4) is 0 Å². The molecule has 150 valence electrons. The number of nitrogens with one attached hydrogen (secondary N) is 1. The molecule has 3 rings (SSSR count). The normalized spacial score (nSPS) is 14.4. The second kappa shape index (κ2) is 8.05. The van der Waals surface area contributed by atoms with Crippen LogP contribution in [-0.2, 0) is 22.7 Å². The topological polar surface area (TPSA) is 106 Å². The van der Waals surface area contributed by atoms with Crippen LogP contribution in [0.25, 0.3) is 0 Å². The number of thiophene rings is 1. The van der Waals surface area contributed by atoms with Crippen molar-refractivity contribution in [3.05, 3.63) is 45.8 Å². The molecule has 0 bridgehead atoms. The second-order valence-corrected chi connectivity index (χ2v) is 10.8. The monoisotopic (exact) mass is 420 g/mol. The van der Waals surface area contributed by atoms with Gasteiger partial charge in [-0.1, -0.05) is 12.5 Å².